The summed E-state index contributed by atoms with van der Waals surface area (Å²) in [5.41, 5.74) is 1.40. The van der Waals surface area contributed by atoms with Gasteiger partial charge in [-0.2, -0.15) is 0 Å². The van der Waals surface area contributed by atoms with Gasteiger partial charge in [0, 0.05) is 47.2 Å². The molecule has 1 aromatic carbocycles. The summed E-state index contributed by atoms with van der Waals surface area (Å²) >= 11 is 1.25. The Morgan fingerprint density at radius 2 is 1.98 bits per heavy atom. The number of hydrogen-bond acceptors (Lipinski definition) is 7. The Bertz CT molecular complexity index is 1660. The first kappa shape index (κ1) is 29.6. The van der Waals surface area contributed by atoms with Crippen LogP contribution >= 0.6 is 18.9 Å². The van der Waals surface area contributed by atoms with Gasteiger partial charge in [-0.3, -0.25) is 28.7 Å². The second kappa shape index (κ2) is 11.2. The quantitative estimate of drug-likeness (QED) is 0.267. The van der Waals surface area contributed by atoms with Gasteiger partial charge < -0.3 is 24.9 Å². The fraction of sp³-hybridized carbons (Fsp3) is 0.433. The number of hydrogen-bond donors (Lipinski definition) is 3. The molecule has 3 N–H and O–H groups in total. The van der Waals surface area contributed by atoms with Crippen molar-refractivity contribution in [2.75, 3.05) is 13.1 Å². The minimum Gasteiger partial charge on any atom is -0.340 e. The van der Waals surface area contributed by atoms with Crippen LogP contribution in [0.25, 0.3) is 10.1 Å². The van der Waals surface area contributed by atoms with Crippen LogP contribution in [0.2, 0.25) is 0 Å². The number of aromatic nitrogens is 1. The molecule has 6 rings (SSSR count). The molecule has 2 aromatic heterocycles. The summed E-state index contributed by atoms with van der Waals surface area (Å²) in [7, 11) is -4.23. The second-order valence-electron chi connectivity index (χ2n) is 12.0. The van der Waals surface area contributed by atoms with Crippen molar-refractivity contribution in [3.63, 3.8) is 0 Å². The summed E-state index contributed by atoms with van der Waals surface area (Å²) in [5.74, 6) is -0.726. The number of thiophene rings is 1. The van der Waals surface area contributed by atoms with Crippen LogP contribution in [-0.2, 0) is 20.3 Å². The SMILES string of the molecule is C[C@@]12CCC[C@H](NC(=O)c3cc4cc(CP(=O)(O)O)ccc4s3)C(=O)N1[C@H](C(=O)N1CC(c3cnccc3C=O)C1)CC2. The molecule has 3 atom stereocenters. The molecule has 11 nitrogen and oxygen atoms in total. The van der Waals surface area contributed by atoms with Crippen molar-refractivity contribution < 1.29 is 33.5 Å². The van der Waals surface area contributed by atoms with Gasteiger partial charge in [0.05, 0.1) is 11.0 Å². The van der Waals surface area contributed by atoms with Crippen LogP contribution in [0.4, 0.5) is 0 Å². The minimum absolute atomic E-state index is 0.0201. The van der Waals surface area contributed by atoms with Gasteiger partial charge in [-0.1, -0.05) is 6.07 Å². The van der Waals surface area contributed by atoms with Gasteiger partial charge in [0.1, 0.15) is 18.4 Å². The van der Waals surface area contributed by atoms with E-state index in [2.05, 4.69) is 10.3 Å². The van der Waals surface area contributed by atoms with E-state index in [0.717, 1.165) is 29.4 Å². The van der Waals surface area contributed by atoms with Crippen LogP contribution in [0.1, 0.15) is 76.1 Å². The first-order valence-corrected chi connectivity index (χ1v) is 17.0. The molecule has 3 aliphatic heterocycles. The van der Waals surface area contributed by atoms with Gasteiger partial charge in [0.25, 0.3) is 5.91 Å². The Hall–Kier alpha value is -3.44. The number of pyridine rings is 1. The van der Waals surface area contributed by atoms with Crippen molar-refractivity contribution in [2.24, 2.45) is 0 Å². The zero-order chi connectivity index (χ0) is 30.5. The fourth-order valence-corrected chi connectivity index (χ4v) is 8.41. The van der Waals surface area contributed by atoms with Crippen molar-refractivity contribution in [2.45, 2.75) is 68.7 Å². The molecule has 0 spiro atoms. The molecule has 3 fully saturated rings. The first-order chi connectivity index (χ1) is 20.5. The molecule has 5 heterocycles. The summed E-state index contributed by atoms with van der Waals surface area (Å²) < 4.78 is 12.2. The van der Waals surface area contributed by atoms with Crippen molar-refractivity contribution in [1.29, 1.82) is 0 Å². The van der Waals surface area contributed by atoms with E-state index in [9.17, 15) is 33.5 Å². The molecular formula is C30H33N4O7PS. The average molecular weight is 625 g/mol. The van der Waals surface area contributed by atoms with Crippen LogP contribution in [0.5, 0.6) is 0 Å². The van der Waals surface area contributed by atoms with E-state index in [4.69, 9.17) is 0 Å². The smallest absolute Gasteiger partial charge is 0.329 e. The van der Waals surface area contributed by atoms with Crippen LogP contribution in [0.15, 0.2) is 42.7 Å². The van der Waals surface area contributed by atoms with Crippen molar-refractivity contribution >= 4 is 53.0 Å². The Morgan fingerprint density at radius 3 is 2.72 bits per heavy atom. The Balaban J connectivity index is 1.15. The lowest BCUT2D eigenvalue weighted by atomic mass is 9.89. The number of carbonyl (C=O) groups excluding carboxylic acids is 4. The molecule has 0 bridgehead atoms. The highest BCUT2D eigenvalue weighted by Gasteiger charge is 2.53. The third-order valence-corrected chi connectivity index (χ3v) is 10.9. The minimum atomic E-state index is -4.23. The van der Waals surface area contributed by atoms with Crippen molar-refractivity contribution in [3.8, 4) is 0 Å². The molecule has 0 aliphatic carbocycles. The van der Waals surface area contributed by atoms with Crippen LogP contribution in [0, 0.1) is 0 Å². The summed E-state index contributed by atoms with van der Waals surface area (Å²) in [6.45, 7) is 2.94. The number of benzene rings is 1. The summed E-state index contributed by atoms with van der Waals surface area (Å²) in [5, 5.41) is 3.62. The third kappa shape index (κ3) is 5.76. The first-order valence-electron chi connectivity index (χ1n) is 14.3. The Morgan fingerprint density at radius 1 is 1.19 bits per heavy atom. The van der Waals surface area contributed by atoms with Gasteiger partial charge in [-0.15, -0.1) is 11.3 Å². The van der Waals surface area contributed by atoms with Crippen LogP contribution in [0.3, 0.4) is 0 Å². The van der Waals surface area contributed by atoms with E-state index in [1.807, 2.05) is 6.92 Å². The standard InChI is InChI=1S/C30H33N4O7PS/c1-30-8-2-3-23(32-27(36)26-12-20-11-18(17-42(39,40)41)4-5-25(20)43-26)28(37)34(30)24(6-9-30)29(38)33-14-21(15-33)22-13-31-10-7-19(22)16-35/h4-5,7,10-13,16,21,23-24H,2-3,6,8-9,14-15,17H2,1H3,(H,32,36)(H2,39,40,41)/t23-,24-,30-/m0/s1. The van der Waals surface area contributed by atoms with E-state index in [1.54, 1.807) is 52.5 Å². The van der Waals surface area contributed by atoms with Crippen molar-refractivity contribution in [3.05, 3.63) is 64.3 Å². The molecule has 3 saturated heterocycles. The molecule has 3 aromatic rings. The third-order valence-electron chi connectivity index (χ3n) is 9.02. The van der Waals surface area contributed by atoms with Gasteiger partial charge in [-0.05, 0) is 79.8 Å². The molecule has 13 heteroatoms. The lowest BCUT2D eigenvalue weighted by Gasteiger charge is -2.44. The number of fused-ring (bicyclic) bond motifs is 2. The molecule has 3 aliphatic rings. The van der Waals surface area contributed by atoms with Gasteiger partial charge in [-0.25, -0.2) is 0 Å². The van der Waals surface area contributed by atoms with Gasteiger partial charge >= 0.3 is 7.60 Å². The monoisotopic (exact) mass is 624 g/mol. The van der Waals surface area contributed by atoms with E-state index in [-0.39, 0.29) is 23.9 Å². The molecule has 43 heavy (non-hydrogen) atoms. The maximum Gasteiger partial charge on any atom is 0.329 e. The summed E-state index contributed by atoms with van der Waals surface area (Å²) in [6, 6.07) is 7.00. The van der Waals surface area contributed by atoms with Gasteiger partial charge in [0.15, 0.2) is 0 Å². The fourth-order valence-electron chi connectivity index (χ4n) is 6.79. The second-order valence-corrected chi connectivity index (χ2v) is 14.8. The molecule has 226 valence electrons. The Labute approximate surface area is 252 Å². The number of aldehydes is 1. The van der Waals surface area contributed by atoms with E-state index in [1.165, 1.54) is 11.3 Å². The van der Waals surface area contributed by atoms with Crippen LogP contribution < -0.4 is 5.32 Å². The zero-order valence-electron chi connectivity index (χ0n) is 23.6. The molecule has 3 amide bonds. The predicted molar refractivity (Wildman–Crippen MR) is 160 cm³/mol. The van der Waals surface area contributed by atoms with Gasteiger partial charge in [0.2, 0.25) is 11.8 Å². The highest BCUT2D eigenvalue weighted by atomic mass is 32.1. The van der Waals surface area contributed by atoms with E-state index >= 15 is 0 Å². The number of carbonyl (C=O) groups is 4. The number of nitrogens with zero attached hydrogens (tertiary/aromatic N) is 3. The maximum absolute atomic E-state index is 14.0. The number of likely N-dealkylation sites (tertiary alicyclic amines) is 1. The highest BCUT2D eigenvalue weighted by molar-refractivity contribution is 7.50. The average Bonchev–Trinajstić information content (AvgIpc) is 3.48. The zero-order valence-corrected chi connectivity index (χ0v) is 25.4. The molecule has 0 saturated carbocycles. The number of nitrogens with one attached hydrogen (secondary N) is 1. The largest absolute Gasteiger partial charge is 0.340 e. The summed E-state index contributed by atoms with van der Waals surface area (Å²) in [6.07, 6.45) is 6.86. The number of amides is 3. The molecule has 0 radical (unpaired) electrons. The highest BCUT2D eigenvalue weighted by Crippen LogP contribution is 2.43. The lowest BCUT2D eigenvalue weighted by Crippen LogP contribution is -2.60. The van der Waals surface area contributed by atoms with E-state index in [0.29, 0.717) is 53.7 Å². The topological polar surface area (TPSA) is 157 Å². The summed E-state index contributed by atoms with van der Waals surface area (Å²) in [4.78, 5) is 79.1. The van der Waals surface area contributed by atoms with E-state index < -0.39 is 31.1 Å². The lowest BCUT2D eigenvalue weighted by molar-refractivity contribution is -0.151. The van der Waals surface area contributed by atoms with Crippen molar-refractivity contribution in [1.82, 2.24) is 20.1 Å². The Kier molecular flexibility index (Phi) is 7.75. The van der Waals surface area contributed by atoms with Crippen LogP contribution in [-0.4, -0.2) is 79.3 Å². The molecular weight excluding hydrogens is 591 g/mol. The normalized spacial score (nSPS) is 24.4. The predicted octanol–water partition coefficient (Wildman–Crippen LogP) is 3.44. The molecule has 0 unspecified atom stereocenters. The maximum atomic E-state index is 14.0. The number of rotatable bonds is 7.